The van der Waals surface area contributed by atoms with Gasteiger partial charge in [0.1, 0.15) is 6.61 Å². The van der Waals surface area contributed by atoms with E-state index < -0.39 is 11.4 Å². The maximum atomic E-state index is 13.4. The second-order valence-electron chi connectivity index (χ2n) is 4.03. The van der Waals surface area contributed by atoms with Crippen molar-refractivity contribution in [3.8, 4) is 5.75 Å². The van der Waals surface area contributed by atoms with E-state index in [2.05, 4.69) is 0 Å². The smallest absolute Gasteiger partial charge is 0.165 e. The quantitative estimate of drug-likeness (QED) is 0.808. The monoisotopic (exact) mass is 228 g/mol. The van der Waals surface area contributed by atoms with Crippen molar-refractivity contribution in [3.05, 3.63) is 29.6 Å². The molecule has 2 N–H and O–H groups in total. The van der Waals surface area contributed by atoms with E-state index in [1.165, 1.54) is 12.1 Å². The topological polar surface area (TPSA) is 49.7 Å². The lowest BCUT2D eigenvalue weighted by Gasteiger charge is -2.22. The van der Waals surface area contributed by atoms with Gasteiger partial charge in [0, 0.05) is 5.56 Å². The Kier molecular flexibility index (Phi) is 4.26. The zero-order valence-electron chi connectivity index (χ0n) is 9.53. The molecule has 1 rings (SSSR count). The molecule has 90 valence electrons. The zero-order chi connectivity index (χ0) is 12.2. The Morgan fingerprint density at radius 3 is 2.69 bits per heavy atom. The minimum atomic E-state index is -0.991. The first-order valence-electron chi connectivity index (χ1n) is 5.23. The molecule has 0 aliphatic rings. The molecule has 0 radical (unpaired) electrons. The van der Waals surface area contributed by atoms with E-state index in [0.29, 0.717) is 12.0 Å². The molecule has 0 spiro atoms. The Morgan fingerprint density at radius 2 is 2.12 bits per heavy atom. The molecular weight excluding hydrogens is 211 g/mol. The largest absolute Gasteiger partial charge is 0.487 e. The Bertz CT molecular complexity index is 350. The van der Waals surface area contributed by atoms with Gasteiger partial charge in [-0.3, -0.25) is 0 Å². The molecular formula is C12H17FO3. The third-order valence-electron chi connectivity index (χ3n) is 2.51. The van der Waals surface area contributed by atoms with Crippen molar-refractivity contribution >= 4 is 0 Å². The average Bonchev–Trinajstić information content (AvgIpc) is 2.27. The molecule has 0 saturated carbocycles. The fourth-order valence-corrected chi connectivity index (χ4v) is 1.17. The van der Waals surface area contributed by atoms with Crippen LogP contribution in [0.1, 0.15) is 25.8 Å². The van der Waals surface area contributed by atoms with E-state index in [9.17, 15) is 9.50 Å². The van der Waals surface area contributed by atoms with Gasteiger partial charge in [-0.25, -0.2) is 4.39 Å². The number of benzene rings is 1. The van der Waals surface area contributed by atoms with Crippen LogP contribution in [0.5, 0.6) is 5.75 Å². The molecule has 1 unspecified atom stereocenters. The van der Waals surface area contributed by atoms with Gasteiger partial charge in [-0.2, -0.15) is 0 Å². The van der Waals surface area contributed by atoms with Crippen LogP contribution in [0.15, 0.2) is 18.2 Å². The fraction of sp³-hybridized carbons (Fsp3) is 0.500. The van der Waals surface area contributed by atoms with Crippen LogP contribution < -0.4 is 4.74 Å². The van der Waals surface area contributed by atoms with Crippen LogP contribution in [0.2, 0.25) is 0 Å². The van der Waals surface area contributed by atoms with Crippen molar-refractivity contribution in [2.75, 3.05) is 6.61 Å². The molecule has 0 fully saturated rings. The van der Waals surface area contributed by atoms with Gasteiger partial charge < -0.3 is 14.9 Å². The number of hydrogen-bond donors (Lipinski definition) is 2. The van der Waals surface area contributed by atoms with Crippen LogP contribution in [0.3, 0.4) is 0 Å². The van der Waals surface area contributed by atoms with Crippen molar-refractivity contribution in [3.63, 3.8) is 0 Å². The summed E-state index contributed by atoms with van der Waals surface area (Å²) in [5.41, 5.74) is -0.610. The van der Waals surface area contributed by atoms with Crippen LogP contribution in [0.25, 0.3) is 0 Å². The Balaban J connectivity index is 2.80. The Morgan fingerprint density at radius 1 is 1.44 bits per heavy atom. The molecule has 0 aromatic heterocycles. The van der Waals surface area contributed by atoms with Crippen molar-refractivity contribution in [2.24, 2.45) is 0 Å². The van der Waals surface area contributed by atoms with Crippen LogP contribution in [0, 0.1) is 5.82 Å². The second-order valence-corrected chi connectivity index (χ2v) is 4.03. The lowest BCUT2D eigenvalue weighted by atomic mass is 10.1. The van der Waals surface area contributed by atoms with Gasteiger partial charge in [-0.15, -0.1) is 0 Å². The average molecular weight is 228 g/mol. The Hall–Kier alpha value is -1.13. The van der Waals surface area contributed by atoms with E-state index in [1.54, 1.807) is 13.0 Å². The number of hydrogen-bond acceptors (Lipinski definition) is 3. The van der Waals surface area contributed by atoms with Crippen LogP contribution in [-0.2, 0) is 6.61 Å². The summed E-state index contributed by atoms with van der Waals surface area (Å²) < 4.78 is 18.6. The highest BCUT2D eigenvalue weighted by Crippen LogP contribution is 2.24. The summed E-state index contributed by atoms with van der Waals surface area (Å²) in [7, 11) is 0. The van der Waals surface area contributed by atoms with Gasteiger partial charge >= 0.3 is 0 Å². The molecule has 16 heavy (non-hydrogen) atoms. The predicted octanol–water partition coefficient (Wildman–Crippen LogP) is 1.86. The SMILES string of the molecule is CCC(C)(O)COc1c(F)cccc1CO. The van der Waals surface area contributed by atoms with E-state index >= 15 is 0 Å². The second kappa shape index (κ2) is 5.27. The van der Waals surface area contributed by atoms with E-state index in [-0.39, 0.29) is 19.0 Å². The zero-order valence-corrected chi connectivity index (χ0v) is 9.53. The van der Waals surface area contributed by atoms with Crippen LogP contribution in [0.4, 0.5) is 4.39 Å². The highest BCUT2D eigenvalue weighted by molar-refractivity contribution is 5.34. The first-order valence-corrected chi connectivity index (χ1v) is 5.23. The molecule has 0 amide bonds. The number of aliphatic hydroxyl groups is 2. The van der Waals surface area contributed by atoms with E-state index in [4.69, 9.17) is 9.84 Å². The summed E-state index contributed by atoms with van der Waals surface area (Å²) >= 11 is 0. The van der Waals surface area contributed by atoms with Crippen LogP contribution in [-0.4, -0.2) is 22.4 Å². The maximum Gasteiger partial charge on any atom is 0.165 e. The molecule has 1 aromatic rings. The van der Waals surface area contributed by atoms with Gasteiger partial charge in [0.05, 0.1) is 12.2 Å². The molecule has 4 heteroatoms. The molecule has 0 aliphatic heterocycles. The summed E-state index contributed by atoms with van der Waals surface area (Å²) in [6.45, 7) is 3.14. The third-order valence-corrected chi connectivity index (χ3v) is 2.51. The summed E-state index contributed by atoms with van der Waals surface area (Å²) in [4.78, 5) is 0. The molecule has 0 heterocycles. The minimum absolute atomic E-state index is 0.00255. The first-order chi connectivity index (χ1) is 7.50. The minimum Gasteiger partial charge on any atom is -0.487 e. The molecule has 1 atom stereocenters. The molecule has 0 bridgehead atoms. The van der Waals surface area contributed by atoms with Gasteiger partial charge in [-0.05, 0) is 19.4 Å². The maximum absolute atomic E-state index is 13.4. The number of aliphatic hydroxyl groups excluding tert-OH is 1. The number of ether oxygens (including phenoxy) is 1. The standard InChI is InChI=1S/C12H17FO3/c1-3-12(2,15)8-16-11-9(7-14)5-4-6-10(11)13/h4-6,14-15H,3,7-8H2,1-2H3. The Labute approximate surface area is 94.5 Å². The summed E-state index contributed by atoms with van der Waals surface area (Å²) in [5.74, 6) is -0.517. The molecule has 3 nitrogen and oxygen atoms in total. The van der Waals surface area contributed by atoms with Crippen molar-refractivity contribution in [2.45, 2.75) is 32.5 Å². The lowest BCUT2D eigenvalue weighted by Crippen LogP contribution is -2.31. The first kappa shape index (κ1) is 12.9. The van der Waals surface area contributed by atoms with Crippen molar-refractivity contribution in [1.29, 1.82) is 0 Å². The third kappa shape index (κ3) is 3.18. The molecule has 0 aliphatic carbocycles. The summed E-state index contributed by atoms with van der Waals surface area (Å²) in [5, 5.41) is 18.7. The van der Waals surface area contributed by atoms with Gasteiger partial charge in [0.15, 0.2) is 11.6 Å². The van der Waals surface area contributed by atoms with Crippen LogP contribution >= 0.6 is 0 Å². The van der Waals surface area contributed by atoms with E-state index in [1.807, 2.05) is 6.92 Å². The fourth-order valence-electron chi connectivity index (χ4n) is 1.17. The lowest BCUT2D eigenvalue weighted by molar-refractivity contribution is 0.00666. The molecule has 1 aromatic carbocycles. The van der Waals surface area contributed by atoms with Gasteiger partial charge in [-0.1, -0.05) is 19.1 Å². The number of rotatable bonds is 5. The number of para-hydroxylation sites is 1. The van der Waals surface area contributed by atoms with Gasteiger partial charge in [0.2, 0.25) is 0 Å². The van der Waals surface area contributed by atoms with Gasteiger partial charge in [0.25, 0.3) is 0 Å². The predicted molar refractivity (Wildman–Crippen MR) is 58.7 cm³/mol. The van der Waals surface area contributed by atoms with Crippen molar-refractivity contribution < 1.29 is 19.3 Å². The van der Waals surface area contributed by atoms with E-state index in [0.717, 1.165) is 0 Å². The summed E-state index contributed by atoms with van der Waals surface area (Å²) in [6, 6.07) is 4.35. The molecule has 0 saturated heterocycles. The van der Waals surface area contributed by atoms with Crippen molar-refractivity contribution in [1.82, 2.24) is 0 Å². The normalized spacial score (nSPS) is 14.6. The summed E-state index contributed by atoms with van der Waals surface area (Å²) in [6.07, 6.45) is 0.510. The highest BCUT2D eigenvalue weighted by atomic mass is 19.1. The number of halogens is 1. The highest BCUT2D eigenvalue weighted by Gasteiger charge is 2.20.